The summed E-state index contributed by atoms with van der Waals surface area (Å²) in [6, 6.07) is 5.35. The Bertz CT molecular complexity index is 704. The molecule has 0 fully saturated rings. The van der Waals surface area contributed by atoms with Crippen molar-refractivity contribution >= 4 is 39.0 Å². The fraction of sp³-hybridized carbons (Fsp3) is 0.231. The minimum Gasteiger partial charge on any atom is -0.484 e. The average Bonchev–Trinajstić information content (AvgIpc) is 2.94. The Balaban J connectivity index is 1.89. The van der Waals surface area contributed by atoms with E-state index < -0.39 is 10.8 Å². The zero-order chi connectivity index (χ0) is 16.1. The van der Waals surface area contributed by atoms with Crippen molar-refractivity contribution in [3.63, 3.8) is 0 Å². The Morgan fingerprint density at radius 1 is 1.55 bits per heavy atom. The molecule has 1 aromatic heterocycles. The number of nitrogens with one attached hydrogen (secondary N) is 1. The number of carbonyl (C=O) groups excluding carboxylic acids is 1. The van der Waals surface area contributed by atoms with Gasteiger partial charge in [-0.05, 0) is 41.5 Å². The molecule has 1 amide bonds. The average molecular weight is 342 g/mol. The normalized spacial score (nSPS) is 10.3. The predicted molar refractivity (Wildman–Crippen MR) is 83.6 cm³/mol. The molecule has 0 saturated carbocycles. The highest BCUT2D eigenvalue weighted by Gasteiger charge is 2.13. The van der Waals surface area contributed by atoms with Crippen LogP contribution >= 0.6 is 22.9 Å². The minimum absolute atomic E-state index is 0.136. The first-order valence-electron chi connectivity index (χ1n) is 6.18. The summed E-state index contributed by atoms with van der Waals surface area (Å²) in [6.45, 7) is 1.69. The number of hydrogen-bond acceptors (Lipinski definition) is 6. The standard InChI is InChI=1S/C13H12ClN3O4S/c1-8-4-10(3-2-9(8)5-14)21-7-11(18)16-13-15-6-12(22-13)17(19)20/h2-4,6H,5,7H2,1H3,(H,15,16,18). The highest BCUT2D eigenvalue weighted by Crippen LogP contribution is 2.25. The SMILES string of the molecule is Cc1cc(OCC(=O)Nc2ncc([N+](=O)[O-])s2)ccc1CCl. The number of aromatic nitrogens is 1. The molecule has 0 unspecified atom stereocenters. The molecule has 0 aliphatic carbocycles. The maximum Gasteiger partial charge on any atom is 0.345 e. The molecule has 2 aromatic rings. The number of amides is 1. The molecule has 0 atom stereocenters. The highest BCUT2D eigenvalue weighted by atomic mass is 35.5. The largest absolute Gasteiger partial charge is 0.484 e. The Kier molecular flexibility index (Phi) is 5.29. The Hall–Kier alpha value is -2.19. The number of hydrogen-bond donors (Lipinski definition) is 1. The van der Waals surface area contributed by atoms with Gasteiger partial charge in [0, 0.05) is 5.88 Å². The molecule has 9 heteroatoms. The van der Waals surface area contributed by atoms with Crippen molar-refractivity contribution in [2.45, 2.75) is 12.8 Å². The molecule has 22 heavy (non-hydrogen) atoms. The second-order valence-electron chi connectivity index (χ2n) is 4.32. The molecule has 0 bridgehead atoms. The van der Waals surface area contributed by atoms with Gasteiger partial charge in [-0.25, -0.2) is 4.98 Å². The lowest BCUT2D eigenvalue weighted by Crippen LogP contribution is -2.20. The van der Waals surface area contributed by atoms with E-state index in [0.29, 0.717) is 11.6 Å². The first kappa shape index (κ1) is 16.2. The number of anilines is 1. The number of aryl methyl sites for hydroxylation is 1. The second kappa shape index (κ2) is 7.19. The van der Waals surface area contributed by atoms with Crippen molar-refractivity contribution in [3.05, 3.63) is 45.6 Å². The van der Waals surface area contributed by atoms with Crippen LogP contribution in [0.15, 0.2) is 24.4 Å². The number of rotatable bonds is 6. The van der Waals surface area contributed by atoms with E-state index in [0.717, 1.165) is 28.7 Å². The lowest BCUT2D eigenvalue weighted by molar-refractivity contribution is -0.380. The molecule has 7 nitrogen and oxygen atoms in total. The van der Waals surface area contributed by atoms with Gasteiger partial charge >= 0.3 is 5.00 Å². The van der Waals surface area contributed by atoms with Crippen molar-refractivity contribution in [1.29, 1.82) is 0 Å². The lowest BCUT2D eigenvalue weighted by atomic mass is 10.1. The van der Waals surface area contributed by atoms with Crippen LogP contribution in [-0.2, 0) is 10.7 Å². The fourth-order valence-electron chi connectivity index (χ4n) is 1.62. The van der Waals surface area contributed by atoms with Gasteiger partial charge in [0.25, 0.3) is 5.91 Å². The molecule has 0 aliphatic rings. The molecule has 116 valence electrons. The highest BCUT2D eigenvalue weighted by molar-refractivity contribution is 7.18. The van der Waals surface area contributed by atoms with E-state index in [-0.39, 0.29) is 16.7 Å². The molecule has 2 rings (SSSR count). The van der Waals surface area contributed by atoms with Crippen LogP contribution in [0.25, 0.3) is 0 Å². The maximum atomic E-state index is 11.7. The monoisotopic (exact) mass is 341 g/mol. The number of thiazole rings is 1. The fourth-order valence-corrected chi connectivity index (χ4v) is 2.57. The van der Waals surface area contributed by atoms with Crippen molar-refractivity contribution in [2.24, 2.45) is 0 Å². The van der Waals surface area contributed by atoms with E-state index in [9.17, 15) is 14.9 Å². The van der Waals surface area contributed by atoms with Gasteiger partial charge in [0.15, 0.2) is 11.7 Å². The number of nitro groups is 1. The molecular formula is C13H12ClN3O4S. The van der Waals surface area contributed by atoms with Crippen molar-refractivity contribution in [3.8, 4) is 5.75 Å². The molecule has 0 saturated heterocycles. The minimum atomic E-state index is -0.564. The van der Waals surface area contributed by atoms with Crippen molar-refractivity contribution < 1.29 is 14.5 Å². The summed E-state index contributed by atoms with van der Waals surface area (Å²) in [5, 5.41) is 13.0. The van der Waals surface area contributed by atoms with Crippen LogP contribution in [0.5, 0.6) is 5.75 Å². The van der Waals surface area contributed by atoms with Crippen LogP contribution in [0.1, 0.15) is 11.1 Å². The summed E-state index contributed by atoms with van der Waals surface area (Å²) in [6.07, 6.45) is 1.09. The van der Waals surface area contributed by atoms with E-state index in [1.165, 1.54) is 0 Å². The summed E-state index contributed by atoms with van der Waals surface area (Å²) < 4.78 is 5.36. The Morgan fingerprint density at radius 2 is 2.32 bits per heavy atom. The Morgan fingerprint density at radius 3 is 2.91 bits per heavy atom. The molecule has 0 spiro atoms. The van der Waals surface area contributed by atoms with Gasteiger partial charge in [-0.2, -0.15) is 0 Å². The summed E-state index contributed by atoms with van der Waals surface area (Å²) in [4.78, 5) is 25.4. The summed E-state index contributed by atoms with van der Waals surface area (Å²) in [5.74, 6) is 0.519. The third-order valence-electron chi connectivity index (χ3n) is 2.75. The van der Waals surface area contributed by atoms with E-state index in [4.69, 9.17) is 16.3 Å². The van der Waals surface area contributed by atoms with Gasteiger partial charge in [0.1, 0.15) is 11.9 Å². The second-order valence-corrected chi connectivity index (χ2v) is 5.60. The maximum absolute atomic E-state index is 11.7. The van der Waals surface area contributed by atoms with Crippen molar-refractivity contribution in [1.82, 2.24) is 4.98 Å². The molecule has 1 N–H and O–H groups in total. The van der Waals surface area contributed by atoms with Crippen LogP contribution in [-0.4, -0.2) is 22.4 Å². The van der Waals surface area contributed by atoms with Gasteiger partial charge in [-0.1, -0.05) is 6.07 Å². The Labute approximate surface area is 135 Å². The predicted octanol–water partition coefficient (Wildman–Crippen LogP) is 3.12. The van der Waals surface area contributed by atoms with Crippen LogP contribution in [0.2, 0.25) is 0 Å². The quantitative estimate of drug-likeness (QED) is 0.495. The van der Waals surface area contributed by atoms with E-state index in [1.54, 1.807) is 12.1 Å². The van der Waals surface area contributed by atoms with Gasteiger partial charge in [0.2, 0.25) is 0 Å². The van der Waals surface area contributed by atoms with Crippen LogP contribution < -0.4 is 10.1 Å². The summed E-state index contributed by atoms with van der Waals surface area (Å²) >= 11 is 6.55. The van der Waals surface area contributed by atoms with E-state index in [1.807, 2.05) is 13.0 Å². The van der Waals surface area contributed by atoms with E-state index in [2.05, 4.69) is 10.3 Å². The molecule has 0 radical (unpaired) electrons. The topological polar surface area (TPSA) is 94.4 Å². The van der Waals surface area contributed by atoms with Gasteiger partial charge < -0.3 is 4.74 Å². The molecular weight excluding hydrogens is 330 g/mol. The van der Waals surface area contributed by atoms with Crippen LogP contribution in [0, 0.1) is 17.0 Å². The molecule has 1 heterocycles. The summed E-state index contributed by atoms with van der Waals surface area (Å²) in [5.41, 5.74) is 1.97. The molecule has 0 aliphatic heterocycles. The smallest absolute Gasteiger partial charge is 0.345 e. The number of alkyl halides is 1. The van der Waals surface area contributed by atoms with E-state index >= 15 is 0 Å². The number of carbonyl (C=O) groups is 1. The third kappa shape index (κ3) is 4.15. The van der Waals surface area contributed by atoms with Crippen LogP contribution in [0.3, 0.4) is 0 Å². The van der Waals surface area contributed by atoms with Crippen molar-refractivity contribution in [2.75, 3.05) is 11.9 Å². The molecule has 1 aromatic carbocycles. The zero-order valence-corrected chi connectivity index (χ0v) is 13.1. The van der Waals surface area contributed by atoms with Gasteiger partial charge in [-0.3, -0.25) is 20.2 Å². The van der Waals surface area contributed by atoms with Crippen LogP contribution in [0.4, 0.5) is 10.1 Å². The lowest BCUT2D eigenvalue weighted by Gasteiger charge is -2.08. The first-order valence-corrected chi connectivity index (χ1v) is 7.53. The zero-order valence-electron chi connectivity index (χ0n) is 11.5. The number of nitrogens with zero attached hydrogens (tertiary/aromatic N) is 2. The third-order valence-corrected chi connectivity index (χ3v) is 3.90. The number of halogens is 1. The van der Waals surface area contributed by atoms with Gasteiger partial charge in [0.05, 0.1) is 4.92 Å². The first-order chi connectivity index (χ1) is 10.5. The summed E-state index contributed by atoms with van der Waals surface area (Å²) in [7, 11) is 0. The number of ether oxygens (including phenoxy) is 1. The van der Waals surface area contributed by atoms with Gasteiger partial charge in [-0.15, -0.1) is 11.6 Å². The number of benzene rings is 1.